The van der Waals surface area contributed by atoms with Crippen molar-refractivity contribution in [2.75, 3.05) is 12.0 Å². The molecule has 1 heterocycles. The highest BCUT2D eigenvalue weighted by Gasteiger charge is 2.08. The first-order valence-electron chi connectivity index (χ1n) is 4.58. The lowest BCUT2D eigenvalue weighted by Crippen LogP contribution is -1.89. The summed E-state index contributed by atoms with van der Waals surface area (Å²) in [6.07, 6.45) is 1.96. The van der Waals surface area contributed by atoms with E-state index in [4.69, 9.17) is 11.0 Å². The Labute approximate surface area is 111 Å². The Morgan fingerprint density at radius 1 is 1.35 bits per heavy atom. The number of rotatable bonds is 3. The molecule has 17 heavy (non-hydrogen) atoms. The lowest BCUT2D eigenvalue weighted by molar-refractivity contribution is 0.956. The molecular weight excluding hydrogens is 272 g/mol. The number of hydrogen-bond acceptors (Lipinski definition) is 7. The topological polar surface area (TPSA) is 75.6 Å². The normalized spacial score (nSPS) is 10.1. The van der Waals surface area contributed by atoms with Gasteiger partial charge in [-0.25, -0.2) is 0 Å². The van der Waals surface area contributed by atoms with Crippen LogP contribution in [0.15, 0.2) is 31.8 Å². The van der Waals surface area contributed by atoms with E-state index in [1.54, 1.807) is 23.9 Å². The first-order valence-corrected chi connectivity index (χ1v) is 7.43. The number of nitrogens with two attached hydrogens (primary N) is 1. The van der Waals surface area contributed by atoms with Gasteiger partial charge in [-0.2, -0.15) is 5.26 Å². The molecule has 4 nitrogen and oxygen atoms in total. The van der Waals surface area contributed by atoms with Crippen molar-refractivity contribution in [3.63, 3.8) is 0 Å². The first-order chi connectivity index (χ1) is 8.22. The van der Waals surface area contributed by atoms with E-state index in [0.717, 1.165) is 13.6 Å². The Morgan fingerprint density at radius 3 is 2.71 bits per heavy atom. The van der Waals surface area contributed by atoms with E-state index >= 15 is 0 Å². The molecular formula is C10H8N4S3. The van der Waals surface area contributed by atoms with Crippen LogP contribution in [0, 0.1) is 11.3 Å². The van der Waals surface area contributed by atoms with Crippen LogP contribution in [0.1, 0.15) is 5.56 Å². The van der Waals surface area contributed by atoms with Gasteiger partial charge in [-0.15, -0.1) is 10.2 Å². The predicted molar refractivity (Wildman–Crippen MR) is 71.4 cm³/mol. The van der Waals surface area contributed by atoms with Crippen molar-refractivity contribution in [2.24, 2.45) is 0 Å². The summed E-state index contributed by atoms with van der Waals surface area (Å²) in [5, 5.41) is 16.8. The molecule has 0 saturated heterocycles. The van der Waals surface area contributed by atoms with E-state index in [1.165, 1.54) is 23.1 Å². The molecule has 0 aliphatic heterocycles. The Kier molecular flexibility index (Phi) is 3.89. The smallest absolute Gasteiger partial charge is 0.179 e. The lowest BCUT2D eigenvalue weighted by Gasteiger charge is -2.02. The van der Waals surface area contributed by atoms with Crippen molar-refractivity contribution in [3.05, 3.63) is 23.8 Å². The molecule has 0 spiro atoms. The molecule has 2 aromatic rings. The van der Waals surface area contributed by atoms with Gasteiger partial charge in [0.25, 0.3) is 0 Å². The minimum absolute atomic E-state index is 0.564. The molecule has 0 saturated carbocycles. The Balaban J connectivity index is 2.21. The largest absolute Gasteiger partial charge is 0.398 e. The molecule has 0 amide bonds. The zero-order valence-electron chi connectivity index (χ0n) is 8.88. The van der Waals surface area contributed by atoms with E-state index in [9.17, 15) is 0 Å². The predicted octanol–water partition coefficient (Wildman–Crippen LogP) is 2.87. The second-order valence-electron chi connectivity index (χ2n) is 3.00. The zero-order chi connectivity index (χ0) is 12.3. The van der Waals surface area contributed by atoms with Crippen LogP contribution in [0.2, 0.25) is 0 Å². The second kappa shape index (κ2) is 5.40. The highest BCUT2D eigenvalue weighted by Crippen LogP contribution is 2.35. The van der Waals surface area contributed by atoms with Gasteiger partial charge in [0, 0.05) is 10.6 Å². The molecule has 0 radical (unpaired) electrons. The van der Waals surface area contributed by atoms with Gasteiger partial charge in [0.15, 0.2) is 8.68 Å². The van der Waals surface area contributed by atoms with Gasteiger partial charge in [-0.1, -0.05) is 34.9 Å². The van der Waals surface area contributed by atoms with Crippen LogP contribution in [0.25, 0.3) is 0 Å². The van der Waals surface area contributed by atoms with Crippen LogP contribution < -0.4 is 5.73 Å². The second-order valence-corrected chi connectivity index (χ2v) is 6.32. The van der Waals surface area contributed by atoms with Crippen LogP contribution in [-0.2, 0) is 0 Å². The minimum atomic E-state index is 0.564. The van der Waals surface area contributed by atoms with Crippen molar-refractivity contribution in [1.29, 1.82) is 5.26 Å². The van der Waals surface area contributed by atoms with Gasteiger partial charge in [0.1, 0.15) is 0 Å². The molecule has 0 bridgehead atoms. The van der Waals surface area contributed by atoms with Crippen LogP contribution >= 0.6 is 34.9 Å². The third kappa shape index (κ3) is 2.91. The molecule has 1 aromatic carbocycles. The average Bonchev–Trinajstić information content (AvgIpc) is 2.79. The number of nitrogens with zero attached hydrogens (tertiary/aromatic N) is 3. The molecule has 0 unspecified atom stereocenters. The third-order valence-corrected chi connectivity index (χ3v) is 4.94. The standard InChI is InChI=1S/C10H8N4S3/c1-15-9-13-14-10(17-9)16-8-3-2-6(5-11)4-7(8)12/h2-4H,12H2,1H3. The van der Waals surface area contributed by atoms with Crippen molar-refractivity contribution in [2.45, 2.75) is 13.6 Å². The number of aromatic nitrogens is 2. The molecule has 2 N–H and O–H groups in total. The SMILES string of the molecule is CSc1nnc(Sc2ccc(C#N)cc2N)s1. The lowest BCUT2D eigenvalue weighted by atomic mass is 10.2. The van der Waals surface area contributed by atoms with Crippen molar-refractivity contribution < 1.29 is 0 Å². The van der Waals surface area contributed by atoms with E-state index in [2.05, 4.69) is 16.3 Å². The highest BCUT2D eigenvalue weighted by molar-refractivity contribution is 8.03. The monoisotopic (exact) mass is 280 g/mol. The number of anilines is 1. The first kappa shape index (κ1) is 12.2. The van der Waals surface area contributed by atoms with E-state index in [0.29, 0.717) is 11.3 Å². The summed E-state index contributed by atoms with van der Waals surface area (Å²) in [5.41, 5.74) is 7.02. The quantitative estimate of drug-likeness (QED) is 0.688. The Hall–Kier alpha value is -1.23. The highest BCUT2D eigenvalue weighted by atomic mass is 32.2. The van der Waals surface area contributed by atoms with Crippen LogP contribution in [0.3, 0.4) is 0 Å². The molecule has 0 aliphatic rings. The number of benzene rings is 1. The van der Waals surface area contributed by atoms with E-state index in [1.807, 2.05) is 12.3 Å². The van der Waals surface area contributed by atoms with Crippen molar-refractivity contribution >= 4 is 40.5 Å². The van der Waals surface area contributed by atoms with Gasteiger partial charge in [0.2, 0.25) is 0 Å². The minimum Gasteiger partial charge on any atom is -0.398 e. The summed E-state index contributed by atoms with van der Waals surface area (Å²) < 4.78 is 1.78. The van der Waals surface area contributed by atoms with E-state index in [-0.39, 0.29) is 0 Å². The molecule has 1 aromatic heterocycles. The third-order valence-electron chi connectivity index (χ3n) is 1.90. The van der Waals surface area contributed by atoms with Gasteiger partial charge in [0.05, 0.1) is 11.6 Å². The Bertz CT molecular complexity index is 573. The Morgan fingerprint density at radius 2 is 2.12 bits per heavy atom. The average molecular weight is 280 g/mol. The van der Waals surface area contributed by atoms with Crippen LogP contribution in [-0.4, -0.2) is 16.5 Å². The molecule has 0 aliphatic carbocycles. The zero-order valence-corrected chi connectivity index (χ0v) is 11.3. The maximum absolute atomic E-state index is 8.74. The summed E-state index contributed by atoms with van der Waals surface area (Å²) >= 11 is 4.56. The van der Waals surface area contributed by atoms with Crippen LogP contribution in [0.4, 0.5) is 5.69 Å². The van der Waals surface area contributed by atoms with Gasteiger partial charge < -0.3 is 5.73 Å². The van der Waals surface area contributed by atoms with Crippen LogP contribution in [0.5, 0.6) is 0 Å². The molecule has 7 heteroatoms. The van der Waals surface area contributed by atoms with E-state index < -0.39 is 0 Å². The fourth-order valence-corrected chi connectivity index (χ4v) is 3.54. The van der Waals surface area contributed by atoms with Crippen molar-refractivity contribution in [1.82, 2.24) is 10.2 Å². The molecule has 0 atom stereocenters. The molecule has 0 fully saturated rings. The fourth-order valence-electron chi connectivity index (χ4n) is 1.13. The fraction of sp³-hybridized carbons (Fsp3) is 0.100. The summed E-state index contributed by atoms with van der Waals surface area (Å²) in [5.74, 6) is 0. The summed E-state index contributed by atoms with van der Waals surface area (Å²) in [6, 6.07) is 7.30. The van der Waals surface area contributed by atoms with Gasteiger partial charge >= 0.3 is 0 Å². The number of nitriles is 1. The molecule has 86 valence electrons. The summed E-state index contributed by atoms with van der Waals surface area (Å²) in [4.78, 5) is 0.896. The molecule has 2 rings (SSSR count). The van der Waals surface area contributed by atoms with Gasteiger partial charge in [-0.05, 0) is 24.5 Å². The summed E-state index contributed by atoms with van der Waals surface area (Å²) in [6.45, 7) is 0. The maximum Gasteiger partial charge on any atom is 0.179 e. The number of thioether (sulfide) groups is 1. The number of hydrogen-bond donors (Lipinski definition) is 1. The number of nitrogen functional groups attached to an aromatic ring is 1. The van der Waals surface area contributed by atoms with Gasteiger partial charge in [-0.3, -0.25) is 0 Å². The maximum atomic E-state index is 8.74. The van der Waals surface area contributed by atoms with Crippen molar-refractivity contribution in [3.8, 4) is 6.07 Å². The summed E-state index contributed by atoms with van der Waals surface area (Å²) in [7, 11) is 0.